The molecule has 5 heteroatoms. The Hall–Kier alpha value is 1.35. The molecule has 0 bridgehead atoms. The molecule has 1 nitrogen and oxygen atoms in total. The van der Waals surface area contributed by atoms with Gasteiger partial charge in [0.1, 0.15) is 0 Å². The number of rotatable bonds is 8. The number of halogens is 2. The van der Waals surface area contributed by atoms with Crippen molar-refractivity contribution in [3.8, 4) is 0 Å². The van der Waals surface area contributed by atoms with Crippen LogP contribution in [-0.2, 0) is 4.12 Å². The van der Waals surface area contributed by atoms with Crippen LogP contribution in [0.15, 0.2) is 0 Å². The van der Waals surface area contributed by atoms with Crippen molar-refractivity contribution in [2.45, 2.75) is 89.6 Å². The van der Waals surface area contributed by atoms with Crippen LogP contribution >= 0.6 is 31.9 Å². The van der Waals surface area contributed by atoms with E-state index in [1.54, 1.807) is 0 Å². The molecular weight excluding hydrogens is 424 g/mol. The van der Waals surface area contributed by atoms with Gasteiger partial charge < -0.3 is 4.12 Å². The highest BCUT2D eigenvalue weighted by Gasteiger charge is 2.50. The van der Waals surface area contributed by atoms with E-state index >= 15 is 0 Å². The summed E-state index contributed by atoms with van der Waals surface area (Å²) in [4.78, 5) is 0. The van der Waals surface area contributed by atoms with Crippen LogP contribution in [0.1, 0.15) is 54.4 Å². The average Bonchev–Trinajstić information content (AvgIpc) is 2.31. The first-order chi connectivity index (χ1) is 9.33. The minimum atomic E-state index is -1.75. The molecule has 21 heavy (non-hydrogen) atoms. The number of hydrogen-bond acceptors (Lipinski definition) is 1. The fourth-order valence-electron chi connectivity index (χ4n) is 2.46. The normalized spacial score (nSPS) is 19.1. The van der Waals surface area contributed by atoms with Crippen molar-refractivity contribution in [1.82, 2.24) is 0 Å². The lowest BCUT2D eigenvalue weighted by Gasteiger charge is -2.50. The van der Waals surface area contributed by atoms with Gasteiger partial charge in [-0.25, -0.2) is 0 Å². The second kappa shape index (κ2) is 8.45. The smallest absolute Gasteiger partial charge is 0.182 e. The van der Waals surface area contributed by atoms with Gasteiger partial charge in [0.05, 0.1) is 0 Å². The lowest BCUT2D eigenvalue weighted by molar-refractivity contribution is 0.430. The van der Waals surface area contributed by atoms with Crippen molar-refractivity contribution < 1.29 is 4.12 Å². The van der Waals surface area contributed by atoms with Gasteiger partial charge in [0.25, 0.3) is 0 Å². The quantitative estimate of drug-likeness (QED) is 0.272. The second-order valence-corrected chi connectivity index (χ2v) is 20.0. The van der Waals surface area contributed by atoms with Gasteiger partial charge in [-0.2, -0.15) is 0 Å². The maximum atomic E-state index is 7.19. The van der Waals surface area contributed by atoms with Crippen molar-refractivity contribution >= 4 is 48.5 Å². The zero-order valence-electron chi connectivity index (χ0n) is 15.4. The molecule has 0 amide bonds. The molecule has 0 aliphatic carbocycles. The van der Waals surface area contributed by atoms with Crippen molar-refractivity contribution in [3.63, 3.8) is 0 Å². The van der Waals surface area contributed by atoms with Crippen molar-refractivity contribution in [1.29, 1.82) is 0 Å². The summed E-state index contributed by atoms with van der Waals surface area (Å²) in [6.07, 6.45) is 2.46. The molecule has 0 rings (SSSR count). The Kier molecular flexibility index (Phi) is 9.00. The lowest BCUT2D eigenvalue weighted by Crippen LogP contribution is -2.57. The van der Waals surface area contributed by atoms with Gasteiger partial charge in [-0.3, -0.25) is 0 Å². The molecule has 0 spiro atoms. The van der Waals surface area contributed by atoms with E-state index in [4.69, 9.17) is 4.12 Å². The summed E-state index contributed by atoms with van der Waals surface area (Å²) < 4.78 is 7.19. The molecule has 2 unspecified atom stereocenters. The van der Waals surface area contributed by atoms with E-state index in [2.05, 4.69) is 86.5 Å². The third-order valence-electron chi connectivity index (χ3n) is 5.20. The minimum Gasteiger partial charge on any atom is -0.454 e. The number of hydrogen-bond donors (Lipinski definition) is 0. The molecule has 0 heterocycles. The maximum Gasteiger partial charge on any atom is 0.182 e. The molecule has 0 aromatic rings. The van der Waals surface area contributed by atoms with Crippen LogP contribution in [0.25, 0.3) is 0 Å². The van der Waals surface area contributed by atoms with Gasteiger partial charge in [0.15, 0.2) is 16.6 Å². The average molecular weight is 460 g/mol. The maximum absolute atomic E-state index is 7.19. The summed E-state index contributed by atoms with van der Waals surface area (Å²) >= 11 is 7.20. The Balaban J connectivity index is 5.41. The second-order valence-electron chi connectivity index (χ2n) is 8.65. The van der Waals surface area contributed by atoms with Gasteiger partial charge >= 0.3 is 0 Å². The highest BCUT2D eigenvalue weighted by molar-refractivity contribution is 9.09. The van der Waals surface area contributed by atoms with Crippen LogP contribution in [0.2, 0.25) is 35.3 Å². The molecule has 0 saturated heterocycles. The monoisotopic (exact) mass is 458 g/mol. The molecule has 0 aromatic carbocycles. The number of alkyl halides is 2. The molecule has 0 radical (unpaired) electrons. The van der Waals surface area contributed by atoms with Crippen LogP contribution in [0.5, 0.6) is 0 Å². The third kappa shape index (κ3) is 6.40. The van der Waals surface area contributed by atoms with E-state index in [0.717, 1.165) is 10.7 Å². The van der Waals surface area contributed by atoms with Crippen molar-refractivity contribution in [3.05, 3.63) is 0 Å². The molecule has 0 saturated carbocycles. The first-order valence-corrected chi connectivity index (χ1v) is 15.6. The largest absolute Gasteiger partial charge is 0.454 e. The van der Waals surface area contributed by atoms with Crippen LogP contribution in [-0.4, -0.2) is 27.3 Å². The van der Waals surface area contributed by atoms with Crippen molar-refractivity contribution in [2.24, 2.45) is 0 Å². The summed E-state index contributed by atoms with van der Waals surface area (Å²) in [5.74, 6) is 0. The van der Waals surface area contributed by atoms with Gasteiger partial charge in [-0.05, 0) is 48.1 Å². The lowest BCUT2D eigenvalue weighted by atomic mass is 10.2. The fourth-order valence-corrected chi connectivity index (χ4v) is 14.5. The Morgan fingerprint density at radius 1 is 0.714 bits per heavy atom. The van der Waals surface area contributed by atoms with Gasteiger partial charge in [-0.15, -0.1) is 0 Å². The molecule has 0 aromatic heterocycles. The topological polar surface area (TPSA) is 9.23 Å². The highest BCUT2D eigenvalue weighted by atomic mass is 79.9. The molecule has 0 aliphatic rings. The third-order valence-corrected chi connectivity index (χ3v) is 18.9. The predicted octanol–water partition coefficient (Wildman–Crippen LogP) is 7.32. The molecule has 0 fully saturated rings. The molecular formula is C16H36Br2OSi2. The summed E-state index contributed by atoms with van der Waals surface area (Å²) in [5, 5.41) is 2.76. The van der Waals surface area contributed by atoms with E-state index in [-0.39, 0.29) is 0 Å². The van der Waals surface area contributed by atoms with Crippen LogP contribution < -0.4 is 0 Å². The zero-order chi connectivity index (χ0) is 16.9. The Labute approximate surface area is 152 Å². The standard InChI is InChI=1S/C16H36Br2OSi2/c1-15(2,3)20(7,13-9-11-17)19-21(8,14-10-12-18)16(4,5)6/h9-14H2,1-8H3. The van der Waals surface area contributed by atoms with E-state index in [1.807, 2.05) is 0 Å². The summed E-state index contributed by atoms with van der Waals surface area (Å²) in [5.41, 5.74) is 0. The zero-order valence-corrected chi connectivity index (χ0v) is 20.6. The SMILES string of the molecule is CC(C)(C)[Si](C)(CCCBr)O[Si](C)(CCCBr)C(C)(C)C. The Morgan fingerprint density at radius 2 is 1.00 bits per heavy atom. The Bertz CT molecular complexity index is 282. The summed E-state index contributed by atoms with van der Waals surface area (Å²) in [6.45, 7) is 19.3. The Morgan fingerprint density at radius 3 is 1.19 bits per heavy atom. The van der Waals surface area contributed by atoms with E-state index in [1.165, 1.54) is 24.9 Å². The summed E-state index contributed by atoms with van der Waals surface area (Å²) in [7, 11) is -3.50. The van der Waals surface area contributed by atoms with E-state index in [0.29, 0.717) is 10.1 Å². The minimum absolute atomic E-state index is 0.295. The first kappa shape index (κ1) is 22.4. The molecule has 0 aliphatic heterocycles. The van der Waals surface area contributed by atoms with Crippen molar-refractivity contribution in [2.75, 3.05) is 10.7 Å². The van der Waals surface area contributed by atoms with Gasteiger partial charge in [-0.1, -0.05) is 73.4 Å². The van der Waals surface area contributed by atoms with Gasteiger partial charge in [0, 0.05) is 10.7 Å². The molecule has 0 N–H and O–H groups in total. The van der Waals surface area contributed by atoms with E-state index < -0.39 is 16.6 Å². The fraction of sp³-hybridized carbons (Fsp3) is 1.00. The molecule has 128 valence electrons. The van der Waals surface area contributed by atoms with E-state index in [9.17, 15) is 0 Å². The van der Waals surface area contributed by atoms with Gasteiger partial charge in [0.2, 0.25) is 0 Å². The predicted molar refractivity (Wildman–Crippen MR) is 110 cm³/mol. The van der Waals surface area contributed by atoms with Crippen LogP contribution in [0.3, 0.4) is 0 Å². The first-order valence-electron chi connectivity index (χ1n) is 8.15. The summed E-state index contributed by atoms with van der Waals surface area (Å²) in [6, 6.07) is 2.52. The highest BCUT2D eigenvalue weighted by Crippen LogP contribution is 2.48. The van der Waals surface area contributed by atoms with Crippen LogP contribution in [0.4, 0.5) is 0 Å². The van der Waals surface area contributed by atoms with Crippen LogP contribution in [0, 0.1) is 0 Å². The molecule has 2 atom stereocenters.